The van der Waals surface area contributed by atoms with Gasteiger partial charge in [-0.05, 0) is 110 Å². The van der Waals surface area contributed by atoms with Crippen molar-refractivity contribution in [1.29, 1.82) is 0 Å². The van der Waals surface area contributed by atoms with Crippen LogP contribution in [0.4, 0.5) is 0 Å². The molecule has 1 unspecified atom stereocenters. The topological polar surface area (TPSA) is 530 Å². The third-order valence-corrected chi connectivity index (χ3v) is 18.4. The van der Waals surface area contributed by atoms with Gasteiger partial charge in [0.25, 0.3) is 0 Å². The second-order valence-corrected chi connectivity index (χ2v) is 26.5. The minimum absolute atomic E-state index is 0. The van der Waals surface area contributed by atoms with Crippen LogP contribution >= 0.6 is 35.6 Å². The number of aromatic hydroxyl groups is 3. The highest BCUT2D eigenvalue weighted by Gasteiger charge is 2.51. The van der Waals surface area contributed by atoms with E-state index in [2.05, 4.69) is 37.2 Å². The third-order valence-electron chi connectivity index (χ3n) is 17.8. The molecule has 550 valence electrons. The number of carboxylic acids is 1. The van der Waals surface area contributed by atoms with Crippen molar-refractivity contribution < 1.29 is 118 Å². The lowest BCUT2D eigenvalue weighted by Crippen LogP contribution is -2.64. The number of halogens is 3. The summed E-state index contributed by atoms with van der Waals surface area (Å²) in [5, 5.41) is 131. The van der Waals surface area contributed by atoms with Crippen LogP contribution in [0.15, 0.2) is 78.9 Å². The number of hydrogen-bond donors (Lipinski definition) is 19. The van der Waals surface area contributed by atoms with Crippen molar-refractivity contribution in [3.63, 3.8) is 0 Å². The molecule has 11 bridgehead atoms. The molecule has 2 saturated heterocycles. The zero-order chi connectivity index (χ0) is 73.5. The molecule has 0 saturated carbocycles. The van der Waals surface area contributed by atoms with E-state index in [9.17, 15) is 75.0 Å². The number of primary amides is 1. The lowest BCUT2D eigenvalue weighted by Gasteiger charge is -2.47. The molecule has 0 aliphatic carbocycles. The summed E-state index contributed by atoms with van der Waals surface area (Å²) in [6.07, 6.45) is -18.6. The predicted molar refractivity (Wildman–Crippen MR) is 357 cm³/mol. The minimum Gasteiger partial charge on any atom is -0.508 e. The number of carbonyl (C=O) groups is 8. The summed E-state index contributed by atoms with van der Waals surface area (Å²) in [7, 11) is 1.47. The second-order valence-electron chi connectivity index (χ2n) is 25.7. The SMILES string of the molecule is CN[C@H](CC(C)C)C(=O)N[C@H]1C(=O)N[C@@H](CC(N)=O)C(=O)N[C@H]2C(=O)N[C@H]3C(=O)N[C@H](C(=O)N[C@H](C(=O)O)c4cc(O)cc(O)c4-c4cc3ccc4O)[C@H](O)c3ccc(c(Cl)c3)Oc3cc2cc(c3O[C@@H]2O[C@H](CO)[C@@H](O)[C@H](O)C2O[C@H]2C[C@](C)(N)[C@H](O)[C@H](C)O2)Oc2ccc(cc2Cl)[C@H]1O.Cl. The predicted octanol–water partition coefficient (Wildman–Crippen LogP) is 0.528. The lowest BCUT2D eigenvalue weighted by molar-refractivity contribution is -0.333. The van der Waals surface area contributed by atoms with E-state index in [0.717, 1.165) is 66.7 Å². The Kier molecular flexibility index (Phi) is 23.8. The van der Waals surface area contributed by atoms with Crippen LogP contribution in [-0.4, -0.2) is 191 Å². The molecule has 12 rings (SSSR count). The Balaban J connectivity index is 0.0000121. The Bertz CT molecular complexity index is 4080. The molecule has 7 heterocycles. The lowest BCUT2D eigenvalue weighted by atomic mass is 9.86. The molecule has 0 aromatic heterocycles. The number of rotatable bonds is 13. The fourth-order valence-corrected chi connectivity index (χ4v) is 12.9. The molecule has 18 atom stereocenters. The van der Waals surface area contributed by atoms with Crippen LogP contribution in [0.1, 0.15) is 105 Å². The monoisotopic (exact) mass is 1480 g/mol. The van der Waals surface area contributed by atoms with Gasteiger partial charge < -0.3 is 128 Å². The normalized spacial score (nSPS) is 29.1. The molecular weight excluding hydrogens is 1410 g/mol. The summed E-state index contributed by atoms with van der Waals surface area (Å²) in [4.78, 5) is 117. The highest BCUT2D eigenvalue weighted by molar-refractivity contribution is 6.32. The summed E-state index contributed by atoms with van der Waals surface area (Å²) >= 11 is 14.1. The summed E-state index contributed by atoms with van der Waals surface area (Å²) in [5.74, 6) is -16.0. The van der Waals surface area contributed by atoms with Crippen LogP contribution in [0.25, 0.3) is 11.1 Å². The van der Waals surface area contributed by atoms with Gasteiger partial charge in [-0.25, -0.2) is 4.79 Å². The van der Waals surface area contributed by atoms with Gasteiger partial charge in [-0.2, -0.15) is 0 Å². The smallest absolute Gasteiger partial charge is 0.330 e. The Morgan fingerprint density at radius 1 is 0.716 bits per heavy atom. The van der Waals surface area contributed by atoms with Gasteiger partial charge in [0.05, 0.1) is 41.3 Å². The molecule has 7 aliphatic heterocycles. The number of hydrogen-bond acceptors (Lipinski definition) is 25. The maximum Gasteiger partial charge on any atom is 0.330 e. The zero-order valence-electron chi connectivity index (χ0n) is 54.7. The number of aliphatic hydroxyl groups is 6. The third kappa shape index (κ3) is 16.3. The molecule has 33 nitrogen and oxygen atoms in total. The standard InChI is InChI=1S/C66H75Cl2N9O24.ClH/c1-23(2)12-34(71-5)58(88)76-49-51(83)26-7-10-38(32(67)14-26)97-40-16-28-17-41(55(40)101-65-56(54(86)53(85)42(22-78)99-65)100-44-21-66(4,70)57(87)24(3)96-44)98-39-11-8-27(15-33(39)68)52(84)50-63(93)75-48(64(94)95)31-18-29(79)19-37(81)45(31)30-13-25(6-9-36(30)80)46(60(90)77-50)74-61(91)47(28)73-59(89)35(20-43(69)82)72-62(49)92;/h6-11,13-19,23-24,34-35,42,44,46-54,56-57,65,71,78-81,83-87H,12,20-22,70H2,1-5H3,(H2,69,82)(H,72,92)(H,73,89)(H,74,91)(H,75,93)(H,76,88)(H,77,90)(H,94,95);1H/t24-,34+,35-,42+,44-,46+,47+,48-,49+,50-,51+,52+,53+,54-,56?,57+,65-,66-;/m0./s1. The van der Waals surface area contributed by atoms with Crippen molar-refractivity contribution in [2.75, 3.05) is 13.7 Å². The molecule has 0 radical (unpaired) electrons. The van der Waals surface area contributed by atoms with E-state index in [1.54, 1.807) is 0 Å². The van der Waals surface area contributed by atoms with Crippen molar-refractivity contribution in [3.05, 3.63) is 117 Å². The van der Waals surface area contributed by atoms with Crippen molar-refractivity contribution in [1.82, 2.24) is 37.2 Å². The van der Waals surface area contributed by atoms with Gasteiger partial charge in [-0.1, -0.05) is 55.2 Å². The summed E-state index contributed by atoms with van der Waals surface area (Å²) in [5.41, 5.74) is 8.00. The van der Waals surface area contributed by atoms with Crippen molar-refractivity contribution in [2.45, 2.75) is 156 Å². The molecule has 36 heteroatoms. The Labute approximate surface area is 596 Å². The summed E-state index contributed by atoms with van der Waals surface area (Å²) in [6, 6.07) is -0.679. The quantitative estimate of drug-likeness (QED) is 0.0764. The van der Waals surface area contributed by atoms with Crippen LogP contribution in [-0.2, 0) is 52.6 Å². The number of carboxylic acid groups (broad SMARTS) is 1. The van der Waals surface area contributed by atoms with E-state index in [1.165, 1.54) is 33.0 Å². The van der Waals surface area contributed by atoms with Gasteiger partial charge in [0.1, 0.15) is 89.5 Å². The van der Waals surface area contributed by atoms with Gasteiger partial charge in [-0.15, -0.1) is 12.4 Å². The number of aliphatic hydroxyl groups excluding tert-OH is 6. The van der Waals surface area contributed by atoms with Crippen LogP contribution < -0.4 is 62.9 Å². The van der Waals surface area contributed by atoms with Gasteiger partial charge in [-0.3, -0.25) is 33.6 Å². The number of carbonyl (C=O) groups excluding carboxylic acids is 7. The maximum atomic E-state index is 16.0. The minimum atomic E-state index is -2.35. The van der Waals surface area contributed by atoms with Crippen LogP contribution in [0.3, 0.4) is 0 Å². The van der Waals surface area contributed by atoms with Gasteiger partial charge in [0.15, 0.2) is 29.9 Å². The zero-order valence-corrected chi connectivity index (χ0v) is 57.1. The van der Waals surface area contributed by atoms with E-state index < -0.39 is 237 Å². The largest absolute Gasteiger partial charge is 0.508 e. The first-order valence-corrected chi connectivity index (χ1v) is 32.4. The highest BCUT2D eigenvalue weighted by Crippen LogP contribution is 2.50. The van der Waals surface area contributed by atoms with Gasteiger partial charge in [0, 0.05) is 34.7 Å². The number of fused-ring (bicyclic) bond motifs is 15. The van der Waals surface area contributed by atoms with Crippen molar-refractivity contribution >= 4 is 82.9 Å². The van der Waals surface area contributed by atoms with Crippen molar-refractivity contribution in [2.24, 2.45) is 17.4 Å². The number of amides is 7. The molecular formula is C66H76Cl3N9O24. The molecule has 5 aromatic rings. The van der Waals surface area contributed by atoms with Gasteiger partial charge in [0.2, 0.25) is 53.4 Å². The molecule has 0 spiro atoms. The van der Waals surface area contributed by atoms with E-state index in [1.807, 2.05) is 13.8 Å². The first-order chi connectivity index (χ1) is 47.7. The molecule has 7 aliphatic rings. The molecule has 7 amide bonds. The van der Waals surface area contributed by atoms with E-state index >= 15 is 14.4 Å². The second kappa shape index (κ2) is 31.4. The molecule has 2 fully saturated rings. The number of aliphatic carboxylic acids is 1. The average Bonchev–Trinajstić information content (AvgIpc) is 0.773. The van der Waals surface area contributed by atoms with Crippen LogP contribution in [0.2, 0.25) is 10.0 Å². The maximum absolute atomic E-state index is 16.0. The fourth-order valence-electron chi connectivity index (χ4n) is 12.5. The Morgan fingerprint density at radius 3 is 1.89 bits per heavy atom. The first kappa shape index (κ1) is 77.3. The Hall–Kier alpha value is -8.91. The van der Waals surface area contributed by atoms with Crippen LogP contribution in [0.5, 0.6) is 46.0 Å². The molecule has 21 N–H and O–H groups in total. The number of phenols is 3. The number of nitrogens with one attached hydrogen (secondary N) is 7. The number of nitrogens with two attached hydrogens (primary N) is 2. The number of likely N-dealkylation sites (N-methyl/N-ethyl adjacent to an activating group) is 1. The molecule has 102 heavy (non-hydrogen) atoms. The fraction of sp³-hybridized carbons (Fsp3) is 0.424. The number of ether oxygens (including phenoxy) is 6. The summed E-state index contributed by atoms with van der Waals surface area (Å²) < 4.78 is 38.3. The number of benzene rings is 5. The Morgan fingerprint density at radius 2 is 1.31 bits per heavy atom. The number of phenolic OH excluding ortho intramolecular Hbond substituents is 3. The van der Waals surface area contributed by atoms with E-state index in [0.29, 0.717) is 0 Å². The first-order valence-electron chi connectivity index (χ1n) is 31.6. The van der Waals surface area contributed by atoms with E-state index in [-0.39, 0.29) is 58.6 Å². The van der Waals surface area contributed by atoms with E-state index in [4.69, 9.17) is 63.1 Å². The summed E-state index contributed by atoms with van der Waals surface area (Å²) in [6.45, 7) is 5.66. The average molecular weight is 1490 g/mol. The highest BCUT2D eigenvalue weighted by atomic mass is 35.5. The van der Waals surface area contributed by atoms with Crippen molar-refractivity contribution in [3.8, 4) is 57.1 Å². The van der Waals surface area contributed by atoms with Crippen LogP contribution in [0, 0.1) is 5.92 Å². The molecule has 5 aromatic carbocycles. The van der Waals surface area contributed by atoms with Gasteiger partial charge >= 0.3 is 5.97 Å².